The molecule has 0 bridgehead atoms. The van der Waals surface area contributed by atoms with Crippen LogP contribution in [0.25, 0.3) is 0 Å². The Bertz CT molecular complexity index is 320. The zero-order valence-corrected chi connectivity index (χ0v) is 9.22. The second kappa shape index (κ2) is 3.56. The second-order valence-corrected chi connectivity index (χ2v) is 4.67. The van der Waals surface area contributed by atoms with Gasteiger partial charge in [0.25, 0.3) is 0 Å². The van der Waals surface area contributed by atoms with Gasteiger partial charge in [-0.2, -0.15) is 0 Å². The maximum Gasteiger partial charge on any atom is 0.0442 e. The fourth-order valence-electron chi connectivity index (χ4n) is 2.17. The lowest BCUT2D eigenvalue weighted by atomic mass is 10.0. The molecule has 2 rings (SSSR count). The van der Waals surface area contributed by atoms with Crippen molar-refractivity contribution in [2.24, 2.45) is 11.7 Å². The van der Waals surface area contributed by atoms with Crippen molar-refractivity contribution in [2.45, 2.75) is 31.7 Å². The zero-order chi connectivity index (χ0) is 10.2. The standard InChI is InChI=1S/C12H16ClN/c1-2-3-10-8-12(10,14)9-4-6-11(13)7-5-9/h4-7,10H,2-3,8,14H2,1H3/t10-,12-/m0/s1. The third-order valence-corrected chi connectivity index (χ3v) is 3.42. The highest BCUT2D eigenvalue weighted by Crippen LogP contribution is 2.52. The van der Waals surface area contributed by atoms with E-state index in [1.165, 1.54) is 18.4 Å². The molecule has 1 saturated carbocycles. The summed E-state index contributed by atoms with van der Waals surface area (Å²) in [6.07, 6.45) is 3.58. The molecular formula is C12H16ClN. The summed E-state index contributed by atoms with van der Waals surface area (Å²) in [6, 6.07) is 7.95. The Balaban J connectivity index is 2.13. The fourth-order valence-corrected chi connectivity index (χ4v) is 2.30. The quantitative estimate of drug-likeness (QED) is 0.812. The molecule has 0 spiro atoms. The predicted octanol–water partition coefficient (Wildman–Crippen LogP) is 3.31. The summed E-state index contributed by atoms with van der Waals surface area (Å²) in [5.41, 5.74) is 7.49. The van der Waals surface area contributed by atoms with E-state index >= 15 is 0 Å². The summed E-state index contributed by atoms with van der Waals surface area (Å²) >= 11 is 5.84. The molecular weight excluding hydrogens is 194 g/mol. The van der Waals surface area contributed by atoms with E-state index in [1.807, 2.05) is 12.1 Å². The molecule has 2 heteroatoms. The minimum Gasteiger partial charge on any atom is -0.321 e. The summed E-state index contributed by atoms with van der Waals surface area (Å²) < 4.78 is 0. The average Bonchev–Trinajstić information content (AvgIpc) is 2.80. The van der Waals surface area contributed by atoms with Gasteiger partial charge in [-0.25, -0.2) is 0 Å². The molecule has 1 aromatic carbocycles. The van der Waals surface area contributed by atoms with Gasteiger partial charge >= 0.3 is 0 Å². The maximum atomic E-state index is 6.31. The monoisotopic (exact) mass is 209 g/mol. The first kappa shape index (κ1) is 10.0. The first-order chi connectivity index (χ1) is 6.66. The highest BCUT2D eigenvalue weighted by atomic mass is 35.5. The third kappa shape index (κ3) is 1.67. The van der Waals surface area contributed by atoms with Gasteiger partial charge in [0.15, 0.2) is 0 Å². The number of rotatable bonds is 3. The predicted molar refractivity (Wildman–Crippen MR) is 60.3 cm³/mol. The highest BCUT2D eigenvalue weighted by molar-refractivity contribution is 6.30. The molecule has 2 N–H and O–H groups in total. The van der Waals surface area contributed by atoms with Crippen LogP contribution < -0.4 is 5.73 Å². The number of hydrogen-bond acceptors (Lipinski definition) is 1. The molecule has 76 valence electrons. The van der Waals surface area contributed by atoms with E-state index in [2.05, 4.69) is 19.1 Å². The molecule has 1 fully saturated rings. The van der Waals surface area contributed by atoms with Crippen molar-refractivity contribution in [2.75, 3.05) is 0 Å². The molecule has 14 heavy (non-hydrogen) atoms. The van der Waals surface area contributed by atoms with Gasteiger partial charge in [0, 0.05) is 10.6 Å². The third-order valence-electron chi connectivity index (χ3n) is 3.17. The first-order valence-corrected chi connectivity index (χ1v) is 5.59. The molecule has 0 aromatic heterocycles. The summed E-state index contributed by atoms with van der Waals surface area (Å²) in [4.78, 5) is 0. The smallest absolute Gasteiger partial charge is 0.0442 e. The van der Waals surface area contributed by atoms with E-state index in [4.69, 9.17) is 17.3 Å². The average molecular weight is 210 g/mol. The van der Waals surface area contributed by atoms with Gasteiger partial charge in [0.2, 0.25) is 0 Å². The van der Waals surface area contributed by atoms with Crippen molar-refractivity contribution in [1.29, 1.82) is 0 Å². The Labute approximate surface area is 90.3 Å². The lowest BCUT2D eigenvalue weighted by Crippen LogP contribution is -2.21. The topological polar surface area (TPSA) is 26.0 Å². The van der Waals surface area contributed by atoms with Crippen LogP contribution in [0.4, 0.5) is 0 Å². The van der Waals surface area contributed by atoms with Crippen molar-refractivity contribution in [3.05, 3.63) is 34.9 Å². The van der Waals surface area contributed by atoms with Crippen LogP contribution in [-0.4, -0.2) is 0 Å². The van der Waals surface area contributed by atoms with Crippen LogP contribution in [0.5, 0.6) is 0 Å². The fraction of sp³-hybridized carbons (Fsp3) is 0.500. The molecule has 0 heterocycles. The molecule has 1 nitrogen and oxygen atoms in total. The largest absolute Gasteiger partial charge is 0.321 e. The van der Waals surface area contributed by atoms with Crippen molar-refractivity contribution in [3.8, 4) is 0 Å². The van der Waals surface area contributed by atoms with E-state index < -0.39 is 0 Å². The van der Waals surface area contributed by atoms with Crippen LogP contribution in [0, 0.1) is 5.92 Å². The zero-order valence-electron chi connectivity index (χ0n) is 8.46. The van der Waals surface area contributed by atoms with Crippen molar-refractivity contribution in [1.82, 2.24) is 0 Å². The Morgan fingerprint density at radius 3 is 2.64 bits per heavy atom. The van der Waals surface area contributed by atoms with Crippen LogP contribution in [0.15, 0.2) is 24.3 Å². The lowest BCUT2D eigenvalue weighted by Gasteiger charge is -2.11. The van der Waals surface area contributed by atoms with Crippen molar-refractivity contribution >= 4 is 11.6 Å². The van der Waals surface area contributed by atoms with Gasteiger partial charge in [0.05, 0.1) is 0 Å². The van der Waals surface area contributed by atoms with Crippen LogP contribution in [0.2, 0.25) is 5.02 Å². The van der Waals surface area contributed by atoms with Crippen LogP contribution in [0.3, 0.4) is 0 Å². The molecule has 0 aliphatic heterocycles. The minimum atomic E-state index is -0.0550. The van der Waals surface area contributed by atoms with E-state index in [9.17, 15) is 0 Å². The van der Waals surface area contributed by atoms with E-state index in [1.54, 1.807) is 0 Å². The van der Waals surface area contributed by atoms with Crippen LogP contribution >= 0.6 is 11.6 Å². The molecule has 0 saturated heterocycles. The molecule has 1 aliphatic rings. The molecule has 1 aromatic rings. The maximum absolute atomic E-state index is 6.31. The van der Waals surface area contributed by atoms with Gasteiger partial charge in [0.1, 0.15) is 0 Å². The molecule has 0 amide bonds. The van der Waals surface area contributed by atoms with Gasteiger partial charge < -0.3 is 5.73 Å². The lowest BCUT2D eigenvalue weighted by molar-refractivity contribution is 0.583. The van der Waals surface area contributed by atoms with Crippen LogP contribution in [0.1, 0.15) is 31.7 Å². The summed E-state index contributed by atoms with van der Waals surface area (Å²) in [6.45, 7) is 2.21. The molecule has 0 unspecified atom stereocenters. The van der Waals surface area contributed by atoms with E-state index in [-0.39, 0.29) is 5.54 Å². The van der Waals surface area contributed by atoms with Gasteiger partial charge in [-0.3, -0.25) is 0 Å². The Morgan fingerprint density at radius 2 is 2.07 bits per heavy atom. The molecule has 0 radical (unpaired) electrons. The Kier molecular flexibility index (Phi) is 2.54. The number of nitrogens with two attached hydrogens (primary N) is 1. The molecule has 1 aliphatic carbocycles. The number of halogens is 1. The Hall–Kier alpha value is -0.530. The van der Waals surface area contributed by atoms with E-state index in [0.29, 0.717) is 5.92 Å². The first-order valence-electron chi connectivity index (χ1n) is 5.21. The second-order valence-electron chi connectivity index (χ2n) is 4.24. The van der Waals surface area contributed by atoms with Gasteiger partial charge in [-0.15, -0.1) is 0 Å². The van der Waals surface area contributed by atoms with E-state index in [0.717, 1.165) is 11.4 Å². The van der Waals surface area contributed by atoms with Crippen molar-refractivity contribution in [3.63, 3.8) is 0 Å². The highest BCUT2D eigenvalue weighted by Gasteiger charge is 2.50. The summed E-state index contributed by atoms with van der Waals surface area (Å²) in [5.74, 6) is 0.675. The number of benzene rings is 1. The van der Waals surface area contributed by atoms with Crippen LogP contribution in [-0.2, 0) is 5.54 Å². The minimum absolute atomic E-state index is 0.0550. The SMILES string of the molecule is CCC[C@H]1C[C@]1(N)c1ccc(Cl)cc1. The number of hydrogen-bond donors (Lipinski definition) is 1. The van der Waals surface area contributed by atoms with Gasteiger partial charge in [-0.05, 0) is 36.5 Å². The van der Waals surface area contributed by atoms with Crippen molar-refractivity contribution < 1.29 is 0 Å². The van der Waals surface area contributed by atoms with Gasteiger partial charge in [-0.1, -0.05) is 37.1 Å². The Morgan fingerprint density at radius 1 is 1.43 bits per heavy atom. The summed E-state index contributed by atoms with van der Waals surface area (Å²) in [7, 11) is 0. The molecule has 2 atom stereocenters. The normalized spacial score (nSPS) is 30.4. The summed E-state index contributed by atoms with van der Waals surface area (Å²) in [5, 5.41) is 0.782.